The molecule has 1 atom stereocenters. The van der Waals surface area contributed by atoms with Crippen LogP contribution in [-0.4, -0.2) is 18.7 Å². The van der Waals surface area contributed by atoms with Crippen LogP contribution in [0.3, 0.4) is 0 Å². The smallest absolute Gasteiger partial charge is 0.250 e. The monoisotopic (exact) mass is 101 g/mol. The molecule has 1 aliphatic rings. The standard InChI is InChI=1S/C4H5O3/c5-3-1-2-7-4(3)6/h4H,1-2H2. The molecule has 0 aromatic rings. The lowest BCUT2D eigenvalue weighted by Gasteiger charge is -1.89. The highest BCUT2D eigenvalue weighted by Gasteiger charge is 2.23. The first-order chi connectivity index (χ1) is 3.30. The lowest BCUT2D eigenvalue weighted by molar-refractivity contribution is -0.150. The number of ether oxygens (including phenoxy) is 1. The predicted octanol–water partition coefficient (Wildman–Crippen LogP) is -0.268. The molecule has 0 amide bonds. The fourth-order valence-corrected chi connectivity index (χ4v) is 0.477. The van der Waals surface area contributed by atoms with Crippen LogP contribution in [0.1, 0.15) is 6.42 Å². The topological polar surface area (TPSA) is 46.2 Å². The maximum absolute atomic E-state index is 10.1. The van der Waals surface area contributed by atoms with Crippen LogP contribution in [0.25, 0.3) is 0 Å². The number of hydrogen-bond donors (Lipinski definition) is 0. The van der Waals surface area contributed by atoms with Crippen LogP contribution in [0.5, 0.6) is 0 Å². The van der Waals surface area contributed by atoms with Crippen LogP contribution < -0.4 is 0 Å². The van der Waals surface area contributed by atoms with E-state index in [1.165, 1.54) is 0 Å². The van der Waals surface area contributed by atoms with E-state index in [0.29, 0.717) is 13.0 Å². The lowest BCUT2D eigenvalue weighted by atomic mass is 10.3. The summed E-state index contributed by atoms with van der Waals surface area (Å²) in [6.45, 7) is 0.312. The van der Waals surface area contributed by atoms with E-state index < -0.39 is 6.29 Å². The Labute approximate surface area is 40.9 Å². The van der Waals surface area contributed by atoms with Gasteiger partial charge >= 0.3 is 0 Å². The average Bonchev–Trinajstić information content (AvgIpc) is 1.91. The molecule has 1 fully saturated rings. The first-order valence-electron chi connectivity index (χ1n) is 2.11. The second-order valence-corrected chi connectivity index (χ2v) is 1.42. The zero-order valence-electron chi connectivity index (χ0n) is 3.72. The number of Topliss-reactive ketones (excluding diaryl/α,β-unsaturated/α-hetero) is 1. The molecule has 0 bridgehead atoms. The second kappa shape index (κ2) is 1.60. The zero-order chi connectivity index (χ0) is 5.28. The molecule has 0 aromatic carbocycles. The van der Waals surface area contributed by atoms with E-state index in [4.69, 9.17) is 0 Å². The third kappa shape index (κ3) is 0.783. The second-order valence-electron chi connectivity index (χ2n) is 1.42. The molecule has 1 heterocycles. The summed E-state index contributed by atoms with van der Waals surface area (Å²) in [7, 11) is 0. The van der Waals surface area contributed by atoms with Gasteiger partial charge in [-0.05, 0) is 0 Å². The number of carbonyl (C=O) groups excluding carboxylic acids is 1. The number of rotatable bonds is 0. The van der Waals surface area contributed by atoms with Gasteiger partial charge in [-0.2, -0.15) is 5.11 Å². The minimum absolute atomic E-state index is 0.300. The highest BCUT2D eigenvalue weighted by molar-refractivity contribution is 5.82. The fraction of sp³-hybridized carbons (Fsp3) is 0.750. The largest absolute Gasteiger partial charge is 0.343 e. The van der Waals surface area contributed by atoms with Crippen molar-refractivity contribution in [1.82, 2.24) is 0 Å². The van der Waals surface area contributed by atoms with E-state index in [-0.39, 0.29) is 5.78 Å². The first-order valence-corrected chi connectivity index (χ1v) is 2.11. The highest BCUT2D eigenvalue weighted by atomic mass is 16.6. The zero-order valence-corrected chi connectivity index (χ0v) is 3.72. The van der Waals surface area contributed by atoms with Gasteiger partial charge in [0.2, 0.25) is 0 Å². The Morgan fingerprint density at radius 1 is 1.71 bits per heavy atom. The van der Waals surface area contributed by atoms with E-state index in [1.807, 2.05) is 0 Å². The summed E-state index contributed by atoms with van der Waals surface area (Å²) in [5.41, 5.74) is 0. The van der Waals surface area contributed by atoms with Gasteiger partial charge in [0, 0.05) is 6.42 Å². The summed E-state index contributed by atoms with van der Waals surface area (Å²) in [4.78, 5) is 10.1. The molecular formula is C4H5O3. The Morgan fingerprint density at radius 2 is 2.43 bits per heavy atom. The molecule has 3 nitrogen and oxygen atoms in total. The van der Waals surface area contributed by atoms with Crippen LogP contribution in [0.2, 0.25) is 0 Å². The summed E-state index contributed by atoms with van der Waals surface area (Å²) >= 11 is 0. The third-order valence-corrected chi connectivity index (χ3v) is 0.881. The van der Waals surface area contributed by atoms with Crippen molar-refractivity contribution >= 4 is 5.78 Å². The minimum Gasteiger partial charge on any atom is -0.343 e. The average molecular weight is 101 g/mol. The lowest BCUT2D eigenvalue weighted by Crippen LogP contribution is -2.10. The third-order valence-electron chi connectivity index (χ3n) is 0.881. The molecule has 7 heavy (non-hydrogen) atoms. The molecule has 3 heteroatoms. The van der Waals surface area contributed by atoms with Crippen molar-refractivity contribution in [3.63, 3.8) is 0 Å². The van der Waals surface area contributed by atoms with Crippen molar-refractivity contribution in [3.8, 4) is 0 Å². The van der Waals surface area contributed by atoms with Gasteiger partial charge in [-0.3, -0.25) is 4.79 Å². The fourth-order valence-electron chi connectivity index (χ4n) is 0.477. The van der Waals surface area contributed by atoms with Crippen LogP contribution in [-0.2, 0) is 14.6 Å². The van der Waals surface area contributed by atoms with Gasteiger partial charge < -0.3 is 4.74 Å². The molecule has 0 saturated carbocycles. The molecule has 0 aromatic heterocycles. The Hall–Kier alpha value is -0.410. The minimum atomic E-state index is -1.38. The van der Waals surface area contributed by atoms with Crippen molar-refractivity contribution in [2.45, 2.75) is 12.7 Å². The maximum Gasteiger partial charge on any atom is 0.250 e. The summed E-state index contributed by atoms with van der Waals surface area (Å²) in [6.07, 6.45) is -1.08. The first kappa shape index (κ1) is 4.74. The molecule has 1 aliphatic heterocycles. The summed E-state index contributed by atoms with van der Waals surface area (Å²) in [5, 5.41) is 10.1. The maximum atomic E-state index is 10.1. The van der Waals surface area contributed by atoms with Gasteiger partial charge in [0.25, 0.3) is 6.29 Å². The van der Waals surface area contributed by atoms with Gasteiger partial charge in [0.05, 0.1) is 6.61 Å². The molecule has 0 N–H and O–H groups in total. The Balaban J connectivity index is 2.48. The van der Waals surface area contributed by atoms with E-state index in [2.05, 4.69) is 4.74 Å². The van der Waals surface area contributed by atoms with E-state index >= 15 is 0 Å². The van der Waals surface area contributed by atoms with Crippen LogP contribution in [0.4, 0.5) is 0 Å². The van der Waals surface area contributed by atoms with Gasteiger partial charge in [0.1, 0.15) is 0 Å². The van der Waals surface area contributed by atoms with Crippen LogP contribution >= 0.6 is 0 Å². The summed E-state index contributed by atoms with van der Waals surface area (Å²) < 4.78 is 4.36. The van der Waals surface area contributed by atoms with Crippen LogP contribution in [0.15, 0.2) is 0 Å². The van der Waals surface area contributed by atoms with E-state index in [1.54, 1.807) is 0 Å². The van der Waals surface area contributed by atoms with Crippen molar-refractivity contribution < 1.29 is 14.6 Å². The molecule has 0 aliphatic carbocycles. The number of ketones is 1. The summed E-state index contributed by atoms with van der Waals surface area (Å²) in [6, 6.07) is 0. The Morgan fingerprint density at radius 3 is 2.57 bits per heavy atom. The Bertz CT molecular complexity index is 88.9. The molecule has 0 spiro atoms. The van der Waals surface area contributed by atoms with E-state index in [9.17, 15) is 9.90 Å². The van der Waals surface area contributed by atoms with Gasteiger partial charge in [0.15, 0.2) is 5.78 Å². The molecule has 1 saturated heterocycles. The SMILES string of the molecule is [O]C1OCCC1=O. The van der Waals surface area contributed by atoms with Crippen LogP contribution in [0, 0.1) is 0 Å². The number of hydrogen-bond acceptors (Lipinski definition) is 2. The molecule has 1 rings (SSSR count). The van der Waals surface area contributed by atoms with Crippen molar-refractivity contribution in [1.29, 1.82) is 0 Å². The normalized spacial score (nSPS) is 31.6. The Kier molecular flexibility index (Phi) is 1.08. The van der Waals surface area contributed by atoms with Gasteiger partial charge in [-0.1, -0.05) is 0 Å². The highest BCUT2D eigenvalue weighted by Crippen LogP contribution is 2.03. The van der Waals surface area contributed by atoms with Gasteiger partial charge in [-0.15, -0.1) is 0 Å². The van der Waals surface area contributed by atoms with E-state index in [0.717, 1.165) is 0 Å². The van der Waals surface area contributed by atoms with Crippen molar-refractivity contribution in [3.05, 3.63) is 0 Å². The van der Waals surface area contributed by atoms with Crippen molar-refractivity contribution in [2.75, 3.05) is 6.61 Å². The predicted molar refractivity (Wildman–Crippen MR) is 20.1 cm³/mol. The van der Waals surface area contributed by atoms with Gasteiger partial charge in [-0.25, -0.2) is 0 Å². The quantitative estimate of drug-likeness (QED) is 0.421. The number of carbonyl (C=O) groups is 1. The molecular weight excluding hydrogens is 96.0 g/mol. The molecule has 1 radical (unpaired) electrons. The van der Waals surface area contributed by atoms with Crippen molar-refractivity contribution in [2.24, 2.45) is 0 Å². The summed E-state index contributed by atoms with van der Waals surface area (Å²) in [5.74, 6) is -0.319. The molecule has 1 unspecified atom stereocenters. The molecule has 39 valence electrons.